The number of carbonyl (C=O) groups excluding carboxylic acids is 1. The lowest BCUT2D eigenvalue weighted by Crippen LogP contribution is -2.51. The molecule has 1 aromatic rings. The number of rotatable bonds is 6. The molecule has 0 unspecified atom stereocenters. The summed E-state index contributed by atoms with van der Waals surface area (Å²) < 4.78 is 0. The molecule has 0 radical (unpaired) electrons. The molecule has 0 aromatic heterocycles. The topological polar surface area (TPSA) is 55.8 Å². The van der Waals surface area contributed by atoms with E-state index in [2.05, 4.69) is 48.3 Å². The summed E-state index contributed by atoms with van der Waals surface area (Å²) in [5.41, 5.74) is 2.43. The fourth-order valence-corrected chi connectivity index (χ4v) is 3.15. The number of aliphatic hydroxyl groups excluding tert-OH is 1. The van der Waals surface area contributed by atoms with Crippen LogP contribution in [0.2, 0.25) is 0 Å². The van der Waals surface area contributed by atoms with Crippen molar-refractivity contribution in [1.29, 1.82) is 0 Å². The zero-order valence-corrected chi connectivity index (χ0v) is 14.3. The van der Waals surface area contributed by atoms with Gasteiger partial charge in [-0.3, -0.25) is 0 Å². The van der Waals surface area contributed by atoms with E-state index in [1.54, 1.807) is 4.90 Å². The van der Waals surface area contributed by atoms with Crippen LogP contribution >= 0.6 is 0 Å². The molecule has 0 spiro atoms. The van der Waals surface area contributed by atoms with Crippen LogP contribution in [0.15, 0.2) is 24.3 Å². The Hall–Kier alpha value is -1.75. The summed E-state index contributed by atoms with van der Waals surface area (Å²) in [4.78, 5) is 16.4. The number of piperidine rings is 1. The molecular formula is C18H29N3O2. The van der Waals surface area contributed by atoms with E-state index >= 15 is 0 Å². The maximum atomic E-state index is 12.3. The van der Waals surface area contributed by atoms with Crippen LogP contribution in [0.25, 0.3) is 0 Å². The summed E-state index contributed by atoms with van der Waals surface area (Å²) in [6.07, 6.45) is 3.01. The Morgan fingerprint density at radius 2 is 2.26 bits per heavy atom. The van der Waals surface area contributed by atoms with Crippen molar-refractivity contribution in [3.8, 4) is 0 Å². The first kappa shape index (κ1) is 17.6. The third-order valence-electron chi connectivity index (χ3n) is 4.51. The number of carbonyl (C=O) groups is 1. The Kier molecular flexibility index (Phi) is 6.71. The van der Waals surface area contributed by atoms with Gasteiger partial charge < -0.3 is 20.2 Å². The summed E-state index contributed by atoms with van der Waals surface area (Å²) >= 11 is 0. The Morgan fingerprint density at radius 3 is 2.96 bits per heavy atom. The fourth-order valence-electron chi connectivity index (χ4n) is 3.15. The third-order valence-corrected chi connectivity index (χ3v) is 4.51. The number of hydrogen-bond donors (Lipinski definition) is 2. The second-order valence-corrected chi connectivity index (χ2v) is 6.18. The molecule has 0 bridgehead atoms. The summed E-state index contributed by atoms with van der Waals surface area (Å²) in [5, 5.41) is 12.4. The standard InChI is InChI=1S/C18H29N3O2/c1-3-20(16-9-6-7-15(2)13-16)12-10-19-18(23)21-11-5-4-8-17(21)14-22/h6-7,9,13,17,22H,3-5,8,10-12,14H2,1-2H3,(H,19,23)/t17-/m0/s1. The van der Waals surface area contributed by atoms with Gasteiger partial charge in [-0.05, 0) is 50.8 Å². The van der Waals surface area contributed by atoms with Gasteiger partial charge in [0.1, 0.15) is 0 Å². The molecule has 2 amide bonds. The molecule has 1 aliphatic heterocycles. The number of likely N-dealkylation sites (tertiary alicyclic amines) is 1. The zero-order chi connectivity index (χ0) is 16.7. The molecule has 5 nitrogen and oxygen atoms in total. The number of likely N-dealkylation sites (N-methyl/N-ethyl adjacent to an activating group) is 1. The van der Waals surface area contributed by atoms with Gasteiger partial charge in [0.15, 0.2) is 0 Å². The Morgan fingerprint density at radius 1 is 1.43 bits per heavy atom. The quantitative estimate of drug-likeness (QED) is 0.846. The van der Waals surface area contributed by atoms with E-state index < -0.39 is 0 Å². The molecule has 1 saturated heterocycles. The first-order valence-electron chi connectivity index (χ1n) is 8.62. The largest absolute Gasteiger partial charge is 0.394 e. The van der Waals surface area contributed by atoms with Gasteiger partial charge in [0, 0.05) is 31.9 Å². The van der Waals surface area contributed by atoms with Gasteiger partial charge in [-0.25, -0.2) is 4.79 Å². The van der Waals surface area contributed by atoms with Crippen LogP contribution in [0, 0.1) is 6.92 Å². The zero-order valence-electron chi connectivity index (χ0n) is 14.3. The average molecular weight is 319 g/mol. The summed E-state index contributed by atoms with van der Waals surface area (Å²) in [6, 6.07) is 8.34. The molecule has 128 valence electrons. The lowest BCUT2D eigenvalue weighted by Gasteiger charge is -2.34. The van der Waals surface area contributed by atoms with E-state index in [1.165, 1.54) is 11.3 Å². The number of hydrogen-bond acceptors (Lipinski definition) is 3. The Balaban J connectivity index is 1.84. The van der Waals surface area contributed by atoms with Crippen molar-refractivity contribution in [2.45, 2.75) is 39.2 Å². The first-order chi connectivity index (χ1) is 11.2. The smallest absolute Gasteiger partial charge is 0.317 e. The van der Waals surface area contributed by atoms with Gasteiger partial charge in [-0.1, -0.05) is 12.1 Å². The normalized spacial score (nSPS) is 17.9. The maximum absolute atomic E-state index is 12.3. The second-order valence-electron chi connectivity index (χ2n) is 6.18. The molecule has 2 rings (SSSR count). The highest BCUT2D eigenvalue weighted by atomic mass is 16.3. The number of anilines is 1. The van der Waals surface area contributed by atoms with Gasteiger partial charge in [0.05, 0.1) is 12.6 Å². The monoisotopic (exact) mass is 319 g/mol. The predicted octanol–water partition coefficient (Wildman–Crippen LogP) is 2.38. The molecule has 23 heavy (non-hydrogen) atoms. The van der Waals surface area contributed by atoms with Crippen LogP contribution in [-0.4, -0.2) is 54.9 Å². The van der Waals surface area contributed by atoms with Crippen molar-refractivity contribution in [3.63, 3.8) is 0 Å². The van der Waals surface area contributed by atoms with Crippen LogP contribution in [0.5, 0.6) is 0 Å². The Bertz CT molecular complexity index is 507. The van der Waals surface area contributed by atoms with E-state index in [4.69, 9.17) is 0 Å². The highest BCUT2D eigenvalue weighted by Crippen LogP contribution is 2.17. The molecule has 2 N–H and O–H groups in total. The number of aliphatic hydroxyl groups is 1. The van der Waals surface area contributed by atoms with Crippen LogP contribution in [0.4, 0.5) is 10.5 Å². The van der Waals surface area contributed by atoms with Crippen molar-refractivity contribution < 1.29 is 9.90 Å². The van der Waals surface area contributed by atoms with Gasteiger partial charge in [0.25, 0.3) is 0 Å². The molecule has 1 atom stereocenters. The summed E-state index contributed by atoms with van der Waals surface area (Å²) in [7, 11) is 0. The van der Waals surface area contributed by atoms with E-state index in [0.29, 0.717) is 6.54 Å². The second kappa shape index (κ2) is 8.77. The van der Waals surface area contributed by atoms with Gasteiger partial charge in [-0.2, -0.15) is 0 Å². The van der Waals surface area contributed by atoms with Crippen molar-refractivity contribution in [3.05, 3.63) is 29.8 Å². The molecule has 1 aliphatic rings. The number of nitrogens with one attached hydrogen (secondary N) is 1. The first-order valence-corrected chi connectivity index (χ1v) is 8.62. The Labute approximate surface area is 139 Å². The number of aryl methyl sites for hydroxylation is 1. The van der Waals surface area contributed by atoms with Crippen molar-refractivity contribution in [2.24, 2.45) is 0 Å². The average Bonchev–Trinajstić information content (AvgIpc) is 2.58. The summed E-state index contributed by atoms with van der Waals surface area (Å²) in [6.45, 7) is 7.30. The lowest BCUT2D eigenvalue weighted by atomic mass is 10.0. The van der Waals surface area contributed by atoms with Crippen molar-refractivity contribution in [2.75, 3.05) is 37.7 Å². The van der Waals surface area contributed by atoms with E-state index in [9.17, 15) is 9.90 Å². The maximum Gasteiger partial charge on any atom is 0.317 e. The van der Waals surface area contributed by atoms with Crippen LogP contribution in [0.3, 0.4) is 0 Å². The highest BCUT2D eigenvalue weighted by molar-refractivity contribution is 5.74. The van der Waals surface area contributed by atoms with Crippen LogP contribution in [0.1, 0.15) is 31.7 Å². The molecule has 5 heteroatoms. The highest BCUT2D eigenvalue weighted by Gasteiger charge is 2.25. The van der Waals surface area contributed by atoms with Gasteiger partial charge in [0.2, 0.25) is 0 Å². The number of nitrogens with zero attached hydrogens (tertiary/aromatic N) is 2. The molecule has 1 aromatic carbocycles. The van der Waals surface area contributed by atoms with Crippen LogP contribution < -0.4 is 10.2 Å². The van der Waals surface area contributed by atoms with E-state index in [-0.39, 0.29) is 18.7 Å². The van der Waals surface area contributed by atoms with Gasteiger partial charge >= 0.3 is 6.03 Å². The predicted molar refractivity (Wildman–Crippen MR) is 93.9 cm³/mol. The number of urea groups is 1. The van der Waals surface area contributed by atoms with Crippen molar-refractivity contribution in [1.82, 2.24) is 10.2 Å². The number of benzene rings is 1. The molecular weight excluding hydrogens is 290 g/mol. The third kappa shape index (κ3) is 4.86. The molecule has 1 heterocycles. The fraction of sp³-hybridized carbons (Fsp3) is 0.611. The van der Waals surface area contributed by atoms with Gasteiger partial charge in [-0.15, -0.1) is 0 Å². The number of amides is 2. The van der Waals surface area contributed by atoms with Crippen LogP contribution in [-0.2, 0) is 0 Å². The molecule has 0 aliphatic carbocycles. The van der Waals surface area contributed by atoms with Crippen molar-refractivity contribution >= 4 is 11.7 Å². The lowest BCUT2D eigenvalue weighted by molar-refractivity contribution is 0.108. The minimum Gasteiger partial charge on any atom is -0.394 e. The molecule has 0 saturated carbocycles. The molecule has 1 fully saturated rings. The minimum atomic E-state index is -0.0518. The summed E-state index contributed by atoms with van der Waals surface area (Å²) in [5.74, 6) is 0. The minimum absolute atomic E-state index is 0.0252. The SMILES string of the molecule is CCN(CCNC(=O)N1CCCC[C@H]1CO)c1cccc(C)c1. The van der Waals surface area contributed by atoms with E-state index in [1.807, 2.05) is 0 Å². The van der Waals surface area contributed by atoms with E-state index in [0.717, 1.165) is 38.9 Å².